The van der Waals surface area contributed by atoms with E-state index >= 15 is 0 Å². The zero-order valence-corrected chi connectivity index (χ0v) is 14.5. The lowest BCUT2D eigenvalue weighted by molar-refractivity contribution is 0.0500. The molecule has 1 aliphatic rings. The number of pyridine rings is 1. The topological polar surface area (TPSA) is 66.8 Å². The molecular weight excluding hydrogens is 312 g/mol. The van der Waals surface area contributed by atoms with Crippen LogP contribution in [0, 0.1) is 0 Å². The molecule has 0 unspecified atom stereocenters. The lowest BCUT2D eigenvalue weighted by atomic mass is 10.0. The van der Waals surface area contributed by atoms with E-state index in [9.17, 15) is 4.79 Å². The molecule has 23 heavy (non-hydrogen) atoms. The smallest absolute Gasteiger partial charge is 0.407 e. The van der Waals surface area contributed by atoms with Crippen LogP contribution in [0.2, 0.25) is 0 Å². The third-order valence-corrected chi connectivity index (χ3v) is 3.52. The van der Waals surface area contributed by atoms with Gasteiger partial charge in [0, 0.05) is 25.3 Å². The molecule has 0 spiro atoms. The first-order chi connectivity index (χ1) is 10.9. The summed E-state index contributed by atoms with van der Waals surface area (Å²) in [5.41, 5.74) is 1.15. The number of piperidine rings is 1. The van der Waals surface area contributed by atoms with Crippen LogP contribution in [-0.4, -0.2) is 41.0 Å². The van der Waals surface area contributed by atoms with Crippen LogP contribution in [0.4, 0.5) is 16.2 Å². The number of thiocarbonyl (C=S) groups is 1. The van der Waals surface area contributed by atoms with Crippen LogP contribution < -0.4 is 10.2 Å². The maximum Gasteiger partial charge on any atom is 0.407 e. The van der Waals surface area contributed by atoms with E-state index in [1.807, 2.05) is 26.8 Å². The summed E-state index contributed by atoms with van der Waals surface area (Å²) >= 11 is 4.69. The van der Waals surface area contributed by atoms with Gasteiger partial charge in [0.25, 0.3) is 0 Å². The molecule has 2 rings (SSSR count). The summed E-state index contributed by atoms with van der Waals surface area (Å²) in [7, 11) is 0. The Morgan fingerprint density at radius 1 is 1.57 bits per heavy atom. The van der Waals surface area contributed by atoms with Gasteiger partial charge < -0.3 is 15.0 Å². The molecule has 1 amide bonds. The molecule has 1 fully saturated rings. The van der Waals surface area contributed by atoms with E-state index in [1.165, 1.54) is 0 Å². The first-order valence-corrected chi connectivity index (χ1v) is 8.06. The third-order valence-electron chi connectivity index (χ3n) is 3.43. The summed E-state index contributed by atoms with van der Waals surface area (Å²) in [5.74, 6) is 0. The van der Waals surface area contributed by atoms with E-state index < -0.39 is 5.60 Å². The molecule has 0 aromatic carbocycles. The number of rotatable bonds is 3. The van der Waals surface area contributed by atoms with Crippen LogP contribution in [-0.2, 0) is 4.74 Å². The lowest BCUT2D eigenvalue weighted by Gasteiger charge is -2.35. The Bertz CT molecular complexity index is 608. The lowest BCUT2D eigenvalue weighted by Crippen LogP contribution is -2.49. The average molecular weight is 334 g/mol. The van der Waals surface area contributed by atoms with Crippen LogP contribution in [0.1, 0.15) is 33.6 Å². The second-order valence-electron chi connectivity index (χ2n) is 6.50. The average Bonchev–Trinajstić information content (AvgIpc) is 2.46. The molecule has 1 saturated heterocycles. The number of hydrogen-bond acceptors (Lipinski definition) is 6. The molecule has 1 aromatic rings. The van der Waals surface area contributed by atoms with Gasteiger partial charge in [-0.05, 0) is 51.9 Å². The predicted octanol–water partition coefficient (Wildman–Crippen LogP) is 3.31. The van der Waals surface area contributed by atoms with E-state index in [-0.39, 0.29) is 12.1 Å². The second kappa shape index (κ2) is 7.53. The van der Waals surface area contributed by atoms with Crippen LogP contribution in [0.25, 0.3) is 0 Å². The Labute approximate surface area is 141 Å². The molecule has 2 heterocycles. The van der Waals surface area contributed by atoms with Crippen molar-refractivity contribution in [2.24, 2.45) is 4.99 Å². The highest BCUT2D eigenvalue weighted by Crippen LogP contribution is 2.29. The van der Waals surface area contributed by atoms with Crippen LogP contribution in [0.15, 0.2) is 23.5 Å². The number of aliphatic imine (C=N–C) groups is 1. The highest BCUT2D eigenvalue weighted by Gasteiger charge is 2.25. The molecule has 0 radical (unpaired) electrons. The number of amides is 1. The van der Waals surface area contributed by atoms with E-state index in [2.05, 4.69) is 37.6 Å². The van der Waals surface area contributed by atoms with Gasteiger partial charge in [0.05, 0.1) is 17.0 Å². The van der Waals surface area contributed by atoms with E-state index in [1.54, 1.807) is 12.4 Å². The van der Waals surface area contributed by atoms with Crippen molar-refractivity contribution in [1.29, 1.82) is 0 Å². The van der Waals surface area contributed by atoms with Crippen molar-refractivity contribution < 1.29 is 9.53 Å². The molecular formula is C16H22N4O2S. The monoisotopic (exact) mass is 334 g/mol. The Morgan fingerprint density at radius 3 is 3.04 bits per heavy atom. The summed E-state index contributed by atoms with van der Waals surface area (Å²) in [6.45, 7) is 7.16. The minimum Gasteiger partial charge on any atom is -0.444 e. The van der Waals surface area contributed by atoms with Gasteiger partial charge in [0.1, 0.15) is 11.3 Å². The number of ether oxygens (including phenoxy) is 1. The van der Waals surface area contributed by atoms with Gasteiger partial charge >= 0.3 is 6.09 Å². The molecule has 1 N–H and O–H groups in total. The SMILES string of the molecule is CC(C)(C)OC(=O)N[C@@H]1CCCN(c2ccncc2N=C=S)C1. The maximum atomic E-state index is 11.9. The molecule has 0 bridgehead atoms. The molecule has 0 aliphatic carbocycles. The largest absolute Gasteiger partial charge is 0.444 e. The van der Waals surface area contributed by atoms with Gasteiger partial charge in [-0.1, -0.05) is 0 Å². The predicted molar refractivity (Wildman–Crippen MR) is 93.5 cm³/mol. The van der Waals surface area contributed by atoms with Crippen molar-refractivity contribution in [3.05, 3.63) is 18.5 Å². The van der Waals surface area contributed by atoms with E-state index in [4.69, 9.17) is 4.74 Å². The number of alkyl carbamates (subject to hydrolysis) is 1. The Hall–Kier alpha value is -1.98. The van der Waals surface area contributed by atoms with Crippen molar-refractivity contribution in [2.75, 3.05) is 18.0 Å². The molecule has 7 heteroatoms. The van der Waals surface area contributed by atoms with Crippen molar-refractivity contribution in [1.82, 2.24) is 10.3 Å². The normalized spacial score (nSPS) is 18.0. The molecule has 6 nitrogen and oxygen atoms in total. The van der Waals surface area contributed by atoms with Gasteiger partial charge in [0.2, 0.25) is 0 Å². The fraction of sp³-hybridized carbons (Fsp3) is 0.562. The van der Waals surface area contributed by atoms with Gasteiger partial charge in [-0.15, -0.1) is 0 Å². The zero-order chi connectivity index (χ0) is 16.9. The summed E-state index contributed by atoms with van der Waals surface area (Å²) in [4.78, 5) is 22.2. The fourth-order valence-corrected chi connectivity index (χ4v) is 2.67. The minimum atomic E-state index is -0.495. The van der Waals surface area contributed by atoms with Crippen molar-refractivity contribution in [3.8, 4) is 0 Å². The summed E-state index contributed by atoms with van der Waals surface area (Å²) in [6.07, 6.45) is 4.91. The van der Waals surface area contributed by atoms with Crippen molar-refractivity contribution in [3.63, 3.8) is 0 Å². The first kappa shape index (κ1) is 17.4. The summed E-state index contributed by atoms with van der Waals surface area (Å²) < 4.78 is 5.32. The Kier molecular flexibility index (Phi) is 5.69. The first-order valence-electron chi connectivity index (χ1n) is 7.65. The number of carbonyl (C=O) groups is 1. The van der Waals surface area contributed by atoms with Gasteiger partial charge in [-0.2, -0.15) is 4.99 Å². The second-order valence-corrected chi connectivity index (χ2v) is 6.68. The minimum absolute atomic E-state index is 0.0380. The fourth-order valence-electron chi connectivity index (χ4n) is 2.57. The zero-order valence-electron chi connectivity index (χ0n) is 13.7. The van der Waals surface area contributed by atoms with Gasteiger partial charge in [0.15, 0.2) is 0 Å². The van der Waals surface area contributed by atoms with Crippen LogP contribution in [0.5, 0.6) is 0 Å². The molecule has 1 aromatic heterocycles. The van der Waals surface area contributed by atoms with Crippen molar-refractivity contribution in [2.45, 2.75) is 45.3 Å². The number of carbonyl (C=O) groups excluding carboxylic acids is 1. The van der Waals surface area contributed by atoms with Crippen molar-refractivity contribution >= 4 is 34.8 Å². The number of hydrogen-bond donors (Lipinski definition) is 1. The van der Waals surface area contributed by atoms with Crippen LogP contribution >= 0.6 is 12.2 Å². The van der Waals surface area contributed by atoms with E-state index in [0.29, 0.717) is 12.2 Å². The molecule has 1 aliphatic heterocycles. The Morgan fingerprint density at radius 2 is 2.35 bits per heavy atom. The Balaban J connectivity index is 2.04. The van der Waals surface area contributed by atoms with Gasteiger partial charge in [-0.3, -0.25) is 4.98 Å². The maximum absolute atomic E-state index is 11.9. The number of isothiocyanates is 1. The standard InChI is InChI=1S/C16H22N4O2S/c1-16(2,3)22-15(21)19-12-5-4-8-20(10-12)14-6-7-17-9-13(14)18-11-23/h6-7,9,12H,4-5,8,10H2,1-3H3,(H,19,21)/t12-/m1/s1. The molecule has 0 saturated carbocycles. The quantitative estimate of drug-likeness (QED) is 0.678. The van der Waals surface area contributed by atoms with E-state index in [0.717, 1.165) is 25.1 Å². The highest BCUT2D eigenvalue weighted by molar-refractivity contribution is 7.78. The van der Waals surface area contributed by atoms with Gasteiger partial charge in [-0.25, -0.2) is 4.79 Å². The summed E-state index contributed by atoms with van der Waals surface area (Å²) in [5, 5.41) is 5.33. The molecule has 1 atom stereocenters. The third kappa shape index (κ3) is 5.30. The molecule has 124 valence electrons. The number of aromatic nitrogens is 1. The highest BCUT2D eigenvalue weighted by atomic mass is 32.1. The summed E-state index contributed by atoms with van der Waals surface area (Å²) in [6, 6.07) is 1.94. The number of anilines is 1. The number of nitrogens with zero attached hydrogens (tertiary/aromatic N) is 3. The number of nitrogens with one attached hydrogen (secondary N) is 1. The van der Waals surface area contributed by atoms with Crippen LogP contribution in [0.3, 0.4) is 0 Å².